The number of ketones is 1. The fourth-order valence-electron chi connectivity index (χ4n) is 1.48. The van der Waals surface area contributed by atoms with Crippen molar-refractivity contribution in [2.45, 2.75) is 25.8 Å². The van der Waals surface area contributed by atoms with Crippen molar-refractivity contribution >= 4 is 11.9 Å². The second-order valence-corrected chi connectivity index (χ2v) is 3.66. The molecule has 5 nitrogen and oxygen atoms in total. The molecule has 16 heavy (non-hydrogen) atoms. The Balaban J connectivity index is 2.62. The van der Waals surface area contributed by atoms with Crippen LogP contribution in [-0.4, -0.2) is 38.2 Å². The summed E-state index contributed by atoms with van der Waals surface area (Å²) in [6, 6.07) is -0.597. The Bertz CT molecular complexity index is 290. The number of rotatable bonds is 3. The molecular formula is C11H17NO4. The van der Waals surface area contributed by atoms with Gasteiger partial charge in [-0.2, -0.15) is 0 Å². The summed E-state index contributed by atoms with van der Waals surface area (Å²) in [6.07, 6.45) is 2.82. The quantitative estimate of drug-likeness (QED) is 0.731. The largest absolute Gasteiger partial charge is 0.453 e. The van der Waals surface area contributed by atoms with Gasteiger partial charge in [0.25, 0.3) is 0 Å². The van der Waals surface area contributed by atoms with Crippen LogP contribution in [0.3, 0.4) is 0 Å². The first-order valence-corrected chi connectivity index (χ1v) is 5.25. The molecule has 1 aliphatic heterocycles. The lowest BCUT2D eigenvalue weighted by Crippen LogP contribution is -2.38. The van der Waals surface area contributed by atoms with Gasteiger partial charge >= 0.3 is 6.09 Å². The summed E-state index contributed by atoms with van der Waals surface area (Å²) in [5.41, 5.74) is 1.14. The molecule has 0 radical (unpaired) electrons. The Kier molecular flexibility index (Phi) is 4.98. The van der Waals surface area contributed by atoms with Crippen molar-refractivity contribution < 1.29 is 19.1 Å². The van der Waals surface area contributed by atoms with Gasteiger partial charge in [-0.15, -0.1) is 0 Å². The third-order valence-electron chi connectivity index (χ3n) is 2.43. The zero-order valence-corrected chi connectivity index (χ0v) is 9.62. The van der Waals surface area contributed by atoms with Crippen LogP contribution in [0.2, 0.25) is 0 Å². The van der Waals surface area contributed by atoms with Crippen LogP contribution in [0.5, 0.6) is 0 Å². The van der Waals surface area contributed by atoms with Gasteiger partial charge in [0.2, 0.25) is 0 Å². The fraction of sp³-hybridized carbons (Fsp3) is 0.636. The molecule has 1 rings (SSSR count). The van der Waals surface area contributed by atoms with E-state index in [9.17, 15) is 9.59 Å². The van der Waals surface area contributed by atoms with Crippen molar-refractivity contribution in [2.75, 3.05) is 20.3 Å². The summed E-state index contributed by atoms with van der Waals surface area (Å²) in [6.45, 7) is 2.79. The molecule has 0 bridgehead atoms. The molecule has 5 heteroatoms. The fourth-order valence-corrected chi connectivity index (χ4v) is 1.48. The van der Waals surface area contributed by atoms with Crippen LogP contribution >= 0.6 is 0 Å². The number of nitrogens with one attached hydrogen (secondary N) is 1. The number of amides is 1. The van der Waals surface area contributed by atoms with Gasteiger partial charge in [0.05, 0.1) is 20.3 Å². The monoisotopic (exact) mass is 227 g/mol. The molecule has 1 saturated heterocycles. The zero-order chi connectivity index (χ0) is 12.0. The molecule has 1 heterocycles. The number of hydrogen-bond acceptors (Lipinski definition) is 4. The molecule has 0 aromatic heterocycles. The second kappa shape index (κ2) is 6.27. The molecule has 1 aliphatic rings. The molecule has 0 saturated carbocycles. The first-order valence-electron chi connectivity index (χ1n) is 5.25. The maximum Gasteiger partial charge on any atom is 0.407 e. The molecule has 0 aromatic rings. The van der Waals surface area contributed by atoms with Gasteiger partial charge in [-0.05, 0) is 19.8 Å². The maximum atomic E-state index is 11.3. The number of alkyl carbamates (subject to hydrolysis) is 1. The van der Waals surface area contributed by atoms with Crippen LogP contribution in [0.1, 0.15) is 19.8 Å². The smallest absolute Gasteiger partial charge is 0.407 e. The lowest BCUT2D eigenvalue weighted by atomic mass is 10.0. The molecule has 1 atom stereocenters. The van der Waals surface area contributed by atoms with E-state index in [0.29, 0.717) is 13.2 Å². The second-order valence-electron chi connectivity index (χ2n) is 3.66. The highest BCUT2D eigenvalue weighted by Gasteiger charge is 2.16. The van der Waals surface area contributed by atoms with Crippen molar-refractivity contribution in [1.29, 1.82) is 0 Å². The predicted octanol–water partition coefficient (Wildman–Crippen LogP) is 1.04. The van der Waals surface area contributed by atoms with Crippen molar-refractivity contribution in [3.63, 3.8) is 0 Å². The highest BCUT2D eigenvalue weighted by atomic mass is 16.5. The Labute approximate surface area is 94.8 Å². The Hall–Kier alpha value is -1.36. The van der Waals surface area contributed by atoms with E-state index in [1.807, 2.05) is 0 Å². The van der Waals surface area contributed by atoms with Crippen LogP contribution in [0.4, 0.5) is 4.79 Å². The highest BCUT2D eigenvalue weighted by Crippen LogP contribution is 2.14. The summed E-state index contributed by atoms with van der Waals surface area (Å²) >= 11 is 0. The maximum absolute atomic E-state index is 11.3. The normalized spacial score (nSPS) is 17.5. The lowest BCUT2D eigenvalue weighted by molar-refractivity contribution is -0.117. The van der Waals surface area contributed by atoms with Gasteiger partial charge < -0.3 is 14.8 Å². The lowest BCUT2D eigenvalue weighted by Gasteiger charge is -2.18. The SMILES string of the molecule is COC(=O)NC(C=C1CCOCC1)C(C)=O. The molecule has 0 aliphatic carbocycles. The molecule has 1 N–H and O–H groups in total. The molecule has 90 valence electrons. The van der Waals surface area contributed by atoms with E-state index in [1.165, 1.54) is 14.0 Å². The van der Waals surface area contributed by atoms with E-state index in [0.717, 1.165) is 18.4 Å². The summed E-state index contributed by atoms with van der Waals surface area (Å²) in [7, 11) is 1.27. The van der Waals surface area contributed by atoms with Crippen molar-refractivity contribution in [1.82, 2.24) is 5.32 Å². The van der Waals surface area contributed by atoms with Gasteiger partial charge in [-0.3, -0.25) is 4.79 Å². The highest BCUT2D eigenvalue weighted by molar-refractivity contribution is 5.87. The standard InChI is InChI=1S/C11H17NO4/c1-8(13)10(12-11(14)15-2)7-9-3-5-16-6-4-9/h7,10H,3-6H2,1-2H3,(H,12,14). The minimum absolute atomic E-state index is 0.107. The first-order chi connectivity index (χ1) is 7.63. The number of methoxy groups -OCH3 is 1. The predicted molar refractivity (Wildman–Crippen MR) is 58.1 cm³/mol. The average Bonchev–Trinajstić information content (AvgIpc) is 2.29. The molecule has 1 fully saturated rings. The van der Waals surface area contributed by atoms with E-state index < -0.39 is 12.1 Å². The van der Waals surface area contributed by atoms with E-state index in [2.05, 4.69) is 10.1 Å². The Morgan fingerprint density at radius 1 is 1.44 bits per heavy atom. The Morgan fingerprint density at radius 3 is 2.56 bits per heavy atom. The molecule has 1 unspecified atom stereocenters. The molecule has 0 spiro atoms. The zero-order valence-electron chi connectivity index (χ0n) is 9.62. The minimum atomic E-state index is -0.597. The number of carbonyl (C=O) groups excluding carboxylic acids is 2. The number of Topliss-reactive ketones (excluding diaryl/α,β-unsaturated/α-hetero) is 1. The summed E-state index contributed by atoms with van der Waals surface area (Å²) in [5.74, 6) is -0.107. The summed E-state index contributed by atoms with van der Waals surface area (Å²) in [4.78, 5) is 22.4. The van der Waals surface area contributed by atoms with Crippen LogP contribution in [0, 0.1) is 0 Å². The van der Waals surface area contributed by atoms with Gasteiger partial charge in [0.1, 0.15) is 6.04 Å². The van der Waals surface area contributed by atoms with E-state index >= 15 is 0 Å². The summed E-state index contributed by atoms with van der Waals surface area (Å²) < 4.78 is 9.67. The topological polar surface area (TPSA) is 64.6 Å². The number of ether oxygens (including phenoxy) is 2. The van der Waals surface area contributed by atoms with Gasteiger partial charge in [0.15, 0.2) is 5.78 Å². The van der Waals surface area contributed by atoms with Crippen molar-refractivity contribution in [2.24, 2.45) is 0 Å². The van der Waals surface area contributed by atoms with Gasteiger partial charge in [-0.25, -0.2) is 4.79 Å². The van der Waals surface area contributed by atoms with Crippen LogP contribution < -0.4 is 5.32 Å². The van der Waals surface area contributed by atoms with E-state index in [-0.39, 0.29) is 5.78 Å². The third-order valence-corrected chi connectivity index (χ3v) is 2.43. The Morgan fingerprint density at radius 2 is 2.06 bits per heavy atom. The first kappa shape index (κ1) is 12.7. The van der Waals surface area contributed by atoms with Crippen LogP contribution in [-0.2, 0) is 14.3 Å². The summed E-state index contributed by atoms with van der Waals surface area (Å²) in [5, 5.41) is 2.49. The number of hydrogen-bond donors (Lipinski definition) is 1. The van der Waals surface area contributed by atoms with Crippen molar-refractivity contribution in [3.8, 4) is 0 Å². The molecule has 1 amide bonds. The molecule has 0 aromatic carbocycles. The average molecular weight is 227 g/mol. The number of carbonyl (C=O) groups is 2. The minimum Gasteiger partial charge on any atom is -0.453 e. The van der Waals surface area contributed by atoms with E-state index in [4.69, 9.17) is 4.74 Å². The van der Waals surface area contributed by atoms with Crippen LogP contribution in [0.15, 0.2) is 11.6 Å². The van der Waals surface area contributed by atoms with Crippen LogP contribution in [0.25, 0.3) is 0 Å². The van der Waals surface area contributed by atoms with Crippen molar-refractivity contribution in [3.05, 3.63) is 11.6 Å². The van der Waals surface area contributed by atoms with Gasteiger partial charge in [0, 0.05) is 0 Å². The third kappa shape index (κ3) is 4.02. The molecular weight excluding hydrogens is 210 g/mol. The van der Waals surface area contributed by atoms with E-state index in [1.54, 1.807) is 6.08 Å². The van der Waals surface area contributed by atoms with Gasteiger partial charge in [-0.1, -0.05) is 11.6 Å².